The van der Waals surface area contributed by atoms with Crippen molar-refractivity contribution in [3.05, 3.63) is 40.4 Å². The normalized spacial score (nSPS) is 10.1. The summed E-state index contributed by atoms with van der Waals surface area (Å²) in [5.74, 6) is 0. The summed E-state index contributed by atoms with van der Waals surface area (Å²) >= 11 is 11.0. The van der Waals surface area contributed by atoms with Gasteiger partial charge in [0, 0.05) is 16.7 Å². The molecular weight excluding hydrogens is 221 g/mol. The van der Waals surface area contributed by atoms with E-state index in [0.29, 0.717) is 16.1 Å². The molecule has 0 amide bonds. The van der Waals surface area contributed by atoms with Crippen LogP contribution in [0.2, 0.25) is 5.02 Å². The van der Waals surface area contributed by atoms with Crippen LogP contribution < -0.4 is 0 Å². The third-order valence-electron chi connectivity index (χ3n) is 1.56. The van der Waals surface area contributed by atoms with E-state index in [2.05, 4.69) is 0 Å². The summed E-state index contributed by atoms with van der Waals surface area (Å²) in [5.41, 5.74) is 0.876. The van der Waals surface area contributed by atoms with Gasteiger partial charge < -0.3 is 0 Å². The average molecular weight is 226 g/mol. The fraction of sp³-hybridized carbons (Fsp3) is 0. The maximum Gasteiger partial charge on any atom is 0.253 e. The minimum Gasteiger partial charge on any atom is -0.276 e. The number of hydrogen-bond donors (Lipinski definition) is 0. The first kappa shape index (κ1) is 10.8. The highest BCUT2D eigenvalue weighted by atomic mass is 35.5. The zero-order valence-corrected chi connectivity index (χ0v) is 8.51. The van der Waals surface area contributed by atoms with E-state index in [0.717, 1.165) is 0 Å². The van der Waals surface area contributed by atoms with E-state index < -0.39 is 5.24 Å². The highest BCUT2D eigenvalue weighted by Gasteiger charge is 2.07. The second-order valence-corrected chi connectivity index (χ2v) is 3.25. The minimum absolute atomic E-state index is 0.297. The van der Waals surface area contributed by atoms with E-state index in [4.69, 9.17) is 28.5 Å². The Bertz CT molecular complexity index is 432. The molecular formula is C10H5Cl2NO. The van der Waals surface area contributed by atoms with Crippen LogP contribution in [-0.2, 0) is 0 Å². The molecule has 0 bridgehead atoms. The van der Waals surface area contributed by atoms with Gasteiger partial charge in [0.1, 0.15) is 0 Å². The molecule has 0 aromatic heterocycles. The molecule has 14 heavy (non-hydrogen) atoms. The molecule has 0 fully saturated rings. The number of carbonyl (C=O) groups is 1. The van der Waals surface area contributed by atoms with Crippen LogP contribution >= 0.6 is 23.2 Å². The van der Waals surface area contributed by atoms with Crippen molar-refractivity contribution in [1.29, 1.82) is 5.26 Å². The summed E-state index contributed by atoms with van der Waals surface area (Å²) in [7, 11) is 0. The van der Waals surface area contributed by atoms with Gasteiger partial charge in [0.15, 0.2) is 0 Å². The highest BCUT2D eigenvalue weighted by Crippen LogP contribution is 2.19. The van der Waals surface area contributed by atoms with Gasteiger partial charge in [-0.1, -0.05) is 17.7 Å². The molecule has 4 heteroatoms. The second kappa shape index (κ2) is 4.80. The number of nitrogens with zero attached hydrogens (tertiary/aromatic N) is 1. The van der Waals surface area contributed by atoms with Crippen molar-refractivity contribution in [2.45, 2.75) is 0 Å². The third kappa shape index (κ3) is 2.59. The lowest BCUT2D eigenvalue weighted by Crippen LogP contribution is -1.92. The zero-order chi connectivity index (χ0) is 10.6. The van der Waals surface area contributed by atoms with E-state index in [-0.39, 0.29) is 0 Å². The predicted octanol–water partition coefficient (Wildman–Crippen LogP) is 3.26. The number of benzene rings is 1. The molecule has 70 valence electrons. The first-order chi connectivity index (χ1) is 6.65. The van der Waals surface area contributed by atoms with Crippen LogP contribution in [0.1, 0.15) is 15.9 Å². The van der Waals surface area contributed by atoms with E-state index in [9.17, 15) is 4.79 Å². The number of hydrogen-bond acceptors (Lipinski definition) is 2. The lowest BCUT2D eigenvalue weighted by atomic mass is 10.1. The Balaban J connectivity index is 3.23. The minimum atomic E-state index is -0.593. The van der Waals surface area contributed by atoms with Gasteiger partial charge in [-0.3, -0.25) is 4.79 Å². The Hall–Kier alpha value is -1.30. The van der Waals surface area contributed by atoms with Crippen molar-refractivity contribution in [3.8, 4) is 6.07 Å². The number of carbonyl (C=O) groups excluding carboxylic acids is 1. The Morgan fingerprint density at radius 2 is 2.21 bits per heavy atom. The van der Waals surface area contributed by atoms with Crippen LogP contribution in [0.5, 0.6) is 0 Å². The first-order valence-electron chi connectivity index (χ1n) is 3.70. The molecule has 1 aromatic rings. The van der Waals surface area contributed by atoms with Gasteiger partial charge in [-0.15, -0.1) is 0 Å². The molecule has 0 N–H and O–H groups in total. The molecule has 0 spiro atoms. The van der Waals surface area contributed by atoms with Crippen LogP contribution in [0.25, 0.3) is 6.08 Å². The number of rotatable bonds is 2. The van der Waals surface area contributed by atoms with Gasteiger partial charge in [0.2, 0.25) is 0 Å². The smallest absolute Gasteiger partial charge is 0.253 e. The SMILES string of the molecule is N#C/C=C\c1ccc(Cl)cc1C(=O)Cl. The summed E-state index contributed by atoms with van der Waals surface area (Å²) in [6.45, 7) is 0. The number of nitriles is 1. The first-order valence-corrected chi connectivity index (χ1v) is 4.46. The molecule has 0 unspecified atom stereocenters. The molecule has 0 aliphatic carbocycles. The zero-order valence-electron chi connectivity index (χ0n) is 7.00. The van der Waals surface area contributed by atoms with E-state index in [1.54, 1.807) is 12.1 Å². The monoisotopic (exact) mass is 225 g/mol. The molecule has 0 radical (unpaired) electrons. The summed E-state index contributed by atoms with van der Waals surface area (Å²) in [4.78, 5) is 11.0. The fourth-order valence-electron chi connectivity index (χ4n) is 0.971. The standard InChI is InChI=1S/C10H5Cl2NO/c11-8-4-3-7(2-1-5-13)9(6-8)10(12)14/h1-4,6H/b2-1-. The average Bonchev–Trinajstić information content (AvgIpc) is 2.15. The van der Waals surface area contributed by atoms with Gasteiger partial charge in [0.25, 0.3) is 5.24 Å². The van der Waals surface area contributed by atoms with Gasteiger partial charge in [0.05, 0.1) is 6.07 Å². The molecule has 0 saturated carbocycles. The van der Waals surface area contributed by atoms with E-state index >= 15 is 0 Å². The third-order valence-corrected chi connectivity index (χ3v) is 2.00. The van der Waals surface area contributed by atoms with Crippen LogP contribution in [0.4, 0.5) is 0 Å². The van der Waals surface area contributed by atoms with Crippen LogP contribution in [0.15, 0.2) is 24.3 Å². The molecule has 0 aliphatic heterocycles. The number of halogens is 2. The summed E-state index contributed by atoms with van der Waals surface area (Å²) < 4.78 is 0. The molecule has 0 aliphatic rings. The van der Waals surface area contributed by atoms with E-state index in [1.165, 1.54) is 18.2 Å². The Kier molecular flexibility index (Phi) is 3.70. The summed E-state index contributed by atoms with van der Waals surface area (Å²) in [6.07, 6.45) is 2.78. The lowest BCUT2D eigenvalue weighted by molar-refractivity contribution is 0.108. The predicted molar refractivity (Wildman–Crippen MR) is 56.3 cm³/mol. The van der Waals surface area contributed by atoms with Crippen LogP contribution in [0, 0.1) is 11.3 Å². The summed E-state index contributed by atoms with van der Waals surface area (Å²) in [5, 5.41) is 8.17. The second-order valence-electron chi connectivity index (χ2n) is 2.47. The molecule has 0 heterocycles. The quantitative estimate of drug-likeness (QED) is 0.573. The maximum atomic E-state index is 11.0. The Morgan fingerprint density at radius 3 is 2.79 bits per heavy atom. The molecule has 0 saturated heterocycles. The van der Waals surface area contributed by atoms with Crippen molar-refractivity contribution in [2.75, 3.05) is 0 Å². The molecule has 1 aromatic carbocycles. The van der Waals surface area contributed by atoms with Gasteiger partial charge in [-0.2, -0.15) is 5.26 Å². The van der Waals surface area contributed by atoms with Crippen molar-refractivity contribution >= 4 is 34.5 Å². The van der Waals surface area contributed by atoms with Crippen molar-refractivity contribution in [1.82, 2.24) is 0 Å². The van der Waals surface area contributed by atoms with Gasteiger partial charge >= 0.3 is 0 Å². The van der Waals surface area contributed by atoms with Gasteiger partial charge in [-0.25, -0.2) is 0 Å². The Morgan fingerprint density at radius 1 is 1.50 bits per heavy atom. The highest BCUT2D eigenvalue weighted by molar-refractivity contribution is 6.68. The van der Waals surface area contributed by atoms with Crippen molar-refractivity contribution in [2.24, 2.45) is 0 Å². The summed E-state index contributed by atoms with van der Waals surface area (Å²) in [6, 6.07) is 6.55. The van der Waals surface area contributed by atoms with Crippen LogP contribution in [-0.4, -0.2) is 5.24 Å². The largest absolute Gasteiger partial charge is 0.276 e. The lowest BCUT2D eigenvalue weighted by Gasteiger charge is -2.00. The molecule has 0 atom stereocenters. The van der Waals surface area contributed by atoms with Crippen molar-refractivity contribution < 1.29 is 4.79 Å². The van der Waals surface area contributed by atoms with Gasteiger partial charge in [-0.05, 0) is 35.4 Å². The topological polar surface area (TPSA) is 40.9 Å². The van der Waals surface area contributed by atoms with Crippen molar-refractivity contribution in [3.63, 3.8) is 0 Å². The van der Waals surface area contributed by atoms with Crippen LogP contribution in [0.3, 0.4) is 0 Å². The molecule has 1 rings (SSSR count). The number of allylic oxidation sites excluding steroid dienone is 1. The fourth-order valence-corrected chi connectivity index (χ4v) is 1.31. The van der Waals surface area contributed by atoms with E-state index in [1.807, 2.05) is 6.07 Å². The Labute approximate surface area is 91.4 Å². The maximum absolute atomic E-state index is 11.0. The molecule has 2 nitrogen and oxygen atoms in total.